The van der Waals surface area contributed by atoms with Gasteiger partial charge in [-0.2, -0.15) is 0 Å². The Bertz CT molecular complexity index is 309. The van der Waals surface area contributed by atoms with E-state index in [2.05, 4.69) is 18.0 Å². The Kier molecular flexibility index (Phi) is 2.82. The number of nitrogens with two attached hydrogens (primary N) is 1. The number of rotatable bonds is 2. The van der Waals surface area contributed by atoms with Crippen LogP contribution in [0, 0.1) is 12.8 Å². The van der Waals surface area contributed by atoms with E-state index in [0.29, 0.717) is 11.8 Å². The van der Waals surface area contributed by atoms with Crippen LogP contribution in [-0.4, -0.2) is 11.5 Å². The minimum Gasteiger partial charge on any atom is -0.330 e. The molecule has 1 aliphatic rings. The fourth-order valence-electron chi connectivity index (χ4n) is 2.59. The summed E-state index contributed by atoms with van der Waals surface area (Å²) in [4.78, 5) is 4.22. The van der Waals surface area contributed by atoms with E-state index >= 15 is 0 Å². The monoisotopic (exact) mass is 190 g/mol. The van der Waals surface area contributed by atoms with Crippen molar-refractivity contribution in [3.8, 4) is 0 Å². The second-order valence-electron chi connectivity index (χ2n) is 4.27. The van der Waals surface area contributed by atoms with Crippen LogP contribution >= 0.6 is 0 Å². The van der Waals surface area contributed by atoms with Gasteiger partial charge in [0, 0.05) is 12.4 Å². The van der Waals surface area contributed by atoms with Crippen LogP contribution in [0.1, 0.15) is 36.3 Å². The molecule has 0 spiro atoms. The molecule has 2 heteroatoms. The summed E-state index contributed by atoms with van der Waals surface area (Å²) in [7, 11) is 0. The molecule has 1 saturated carbocycles. The fourth-order valence-corrected chi connectivity index (χ4v) is 2.59. The maximum atomic E-state index is 5.79. The first-order valence-corrected chi connectivity index (χ1v) is 5.43. The predicted molar refractivity (Wildman–Crippen MR) is 58.1 cm³/mol. The molecule has 1 aromatic heterocycles. The minimum atomic E-state index is 0.661. The highest BCUT2D eigenvalue weighted by Gasteiger charge is 2.28. The van der Waals surface area contributed by atoms with Crippen LogP contribution < -0.4 is 5.73 Å². The topological polar surface area (TPSA) is 38.9 Å². The molecule has 0 amide bonds. The van der Waals surface area contributed by atoms with Crippen LogP contribution in [0.15, 0.2) is 18.5 Å². The van der Waals surface area contributed by atoms with Crippen LogP contribution in [0.2, 0.25) is 0 Å². The van der Waals surface area contributed by atoms with E-state index in [1.807, 2.05) is 12.4 Å². The molecular weight excluding hydrogens is 172 g/mol. The molecule has 0 aromatic carbocycles. The standard InChI is InChI=1S/C12H18N2/c1-9-5-6-14-8-12(9)11-4-2-3-10(11)7-13/h5-6,8,10-11H,2-4,7,13H2,1H3. The van der Waals surface area contributed by atoms with Gasteiger partial charge in [-0.05, 0) is 55.3 Å². The Hall–Kier alpha value is -0.890. The van der Waals surface area contributed by atoms with Gasteiger partial charge in [0.05, 0.1) is 0 Å². The van der Waals surface area contributed by atoms with Gasteiger partial charge in [0.15, 0.2) is 0 Å². The summed E-state index contributed by atoms with van der Waals surface area (Å²) < 4.78 is 0. The van der Waals surface area contributed by atoms with Crippen molar-refractivity contribution in [2.75, 3.05) is 6.54 Å². The van der Waals surface area contributed by atoms with E-state index in [1.165, 1.54) is 30.4 Å². The molecule has 0 radical (unpaired) electrons. The van der Waals surface area contributed by atoms with E-state index < -0.39 is 0 Å². The zero-order chi connectivity index (χ0) is 9.97. The van der Waals surface area contributed by atoms with Gasteiger partial charge in [0.1, 0.15) is 0 Å². The molecule has 1 heterocycles. The van der Waals surface area contributed by atoms with Crippen LogP contribution in [-0.2, 0) is 0 Å². The summed E-state index contributed by atoms with van der Waals surface area (Å²) in [5.74, 6) is 1.34. The molecule has 14 heavy (non-hydrogen) atoms. The Morgan fingerprint density at radius 2 is 2.36 bits per heavy atom. The normalized spacial score (nSPS) is 26.7. The first-order chi connectivity index (χ1) is 6.83. The lowest BCUT2D eigenvalue weighted by Gasteiger charge is -2.19. The number of nitrogens with zero attached hydrogens (tertiary/aromatic N) is 1. The van der Waals surface area contributed by atoms with Crippen LogP contribution in [0.5, 0.6) is 0 Å². The summed E-state index contributed by atoms with van der Waals surface area (Å²) in [5.41, 5.74) is 8.57. The molecule has 2 nitrogen and oxygen atoms in total. The second kappa shape index (κ2) is 4.09. The third-order valence-electron chi connectivity index (χ3n) is 3.44. The van der Waals surface area contributed by atoms with Crippen molar-refractivity contribution >= 4 is 0 Å². The van der Waals surface area contributed by atoms with Gasteiger partial charge in [-0.15, -0.1) is 0 Å². The summed E-state index contributed by atoms with van der Waals surface area (Å²) in [6.45, 7) is 2.99. The number of hydrogen-bond acceptors (Lipinski definition) is 2. The van der Waals surface area contributed by atoms with Gasteiger partial charge < -0.3 is 5.73 Å². The van der Waals surface area contributed by atoms with Gasteiger partial charge in [-0.25, -0.2) is 0 Å². The van der Waals surface area contributed by atoms with Crippen LogP contribution in [0.25, 0.3) is 0 Å². The molecule has 1 aliphatic carbocycles. The van der Waals surface area contributed by atoms with Gasteiger partial charge in [-0.1, -0.05) is 6.42 Å². The predicted octanol–water partition coefficient (Wildman–Crippen LogP) is 2.23. The average Bonchev–Trinajstić information content (AvgIpc) is 2.66. The highest BCUT2D eigenvalue weighted by molar-refractivity contribution is 5.27. The molecule has 0 bridgehead atoms. The number of pyridine rings is 1. The third-order valence-corrected chi connectivity index (χ3v) is 3.44. The van der Waals surface area contributed by atoms with Crippen LogP contribution in [0.4, 0.5) is 0 Å². The average molecular weight is 190 g/mol. The summed E-state index contributed by atoms with van der Waals surface area (Å²) in [6, 6.07) is 2.10. The van der Waals surface area contributed by atoms with E-state index in [0.717, 1.165) is 6.54 Å². The molecule has 1 aromatic rings. The van der Waals surface area contributed by atoms with Crippen molar-refractivity contribution in [1.82, 2.24) is 4.98 Å². The van der Waals surface area contributed by atoms with Gasteiger partial charge in [-0.3, -0.25) is 4.98 Å². The van der Waals surface area contributed by atoms with Gasteiger partial charge in [0.2, 0.25) is 0 Å². The van der Waals surface area contributed by atoms with E-state index in [-0.39, 0.29) is 0 Å². The Morgan fingerprint density at radius 3 is 3.07 bits per heavy atom. The first kappa shape index (κ1) is 9.66. The highest BCUT2D eigenvalue weighted by atomic mass is 14.6. The molecule has 0 aliphatic heterocycles. The minimum absolute atomic E-state index is 0.661. The lowest BCUT2D eigenvalue weighted by atomic mass is 9.88. The van der Waals surface area contributed by atoms with Crippen molar-refractivity contribution < 1.29 is 0 Å². The summed E-state index contributed by atoms with van der Waals surface area (Å²) in [6.07, 6.45) is 7.78. The Labute approximate surface area is 85.5 Å². The molecule has 0 saturated heterocycles. The SMILES string of the molecule is Cc1ccncc1C1CCCC1CN. The van der Waals surface area contributed by atoms with Crippen molar-refractivity contribution in [3.05, 3.63) is 29.6 Å². The van der Waals surface area contributed by atoms with Crippen molar-refractivity contribution in [3.63, 3.8) is 0 Å². The quantitative estimate of drug-likeness (QED) is 0.776. The summed E-state index contributed by atoms with van der Waals surface area (Å²) in [5, 5.41) is 0. The van der Waals surface area contributed by atoms with Crippen molar-refractivity contribution in [2.24, 2.45) is 11.7 Å². The van der Waals surface area contributed by atoms with E-state index in [1.54, 1.807) is 0 Å². The molecule has 76 valence electrons. The zero-order valence-corrected chi connectivity index (χ0v) is 8.74. The summed E-state index contributed by atoms with van der Waals surface area (Å²) >= 11 is 0. The Morgan fingerprint density at radius 1 is 1.50 bits per heavy atom. The lowest BCUT2D eigenvalue weighted by Crippen LogP contribution is -2.17. The van der Waals surface area contributed by atoms with Gasteiger partial charge >= 0.3 is 0 Å². The van der Waals surface area contributed by atoms with Crippen molar-refractivity contribution in [1.29, 1.82) is 0 Å². The number of hydrogen-bond donors (Lipinski definition) is 1. The lowest BCUT2D eigenvalue weighted by molar-refractivity contribution is 0.493. The number of aromatic nitrogens is 1. The van der Waals surface area contributed by atoms with E-state index in [9.17, 15) is 0 Å². The maximum absolute atomic E-state index is 5.79. The van der Waals surface area contributed by atoms with Crippen molar-refractivity contribution in [2.45, 2.75) is 32.1 Å². The maximum Gasteiger partial charge on any atom is 0.0305 e. The smallest absolute Gasteiger partial charge is 0.0305 e. The first-order valence-electron chi connectivity index (χ1n) is 5.43. The zero-order valence-electron chi connectivity index (χ0n) is 8.74. The van der Waals surface area contributed by atoms with Gasteiger partial charge in [0.25, 0.3) is 0 Å². The molecule has 1 fully saturated rings. The fraction of sp³-hybridized carbons (Fsp3) is 0.583. The third kappa shape index (κ3) is 1.67. The largest absolute Gasteiger partial charge is 0.330 e. The highest BCUT2D eigenvalue weighted by Crippen LogP contribution is 2.39. The van der Waals surface area contributed by atoms with Crippen LogP contribution in [0.3, 0.4) is 0 Å². The van der Waals surface area contributed by atoms with E-state index in [4.69, 9.17) is 5.73 Å². The molecule has 2 unspecified atom stereocenters. The Balaban J connectivity index is 2.26. The molecule has 2 atom stereocenters. The molecule has 2 N–H and O–H groups in total. The second-order valence-corrected chi connectivity index (χ2v) is 4.27. The molecule has 2 rings (SSSR count). The molecular formula is C12H18N2. The number of aryl methyl sites for hydroxylation is 1.